The molecule has 2 heterocycles. The molecule has 55 heavy (non-hydrogen) atoms. The Bertz CT molecular complexity index is 3200. The Morgan fingerprint density at radius 1 is 0.345 bits per heavy atom. The molecule has 0 bridgehead atoms. The van der Waals surface area contributed by atoms with E-state index in [1.54, 1.807) is 0 Å². The SMILES string of the molecule is c1ccc(-c2ccc(N(c3ccc(-c4cccc5ccccc45)cc3)c3ccc4sc5ccccc5c4c3)cc2-c2cccc3c2oc2ccccc23)cc1. The molecule has 0 aliphatic rings. The van der Waals surface area contributed by atoms with Crippen LogP contribution in [0.1, 0.15) is 0 Å². The van der Waals surface area contributed by atoms with E-state index >= 15 is 0 Å². The van der Waals surface area contributed by atoms with Crippen LogP contribution < -0.4 is 4.90 Å². The number of rotatable bonds is 6. The lowest BCUT2D eigenvalue weighted by Gasteiger charge is -2.27. The predicted molar refractivity (Wildman–Crippen MR) is 235 cm³/mol. The van der Waals surface area contributed by atoms with Crippen molar-refractivity contribution in [2.45, 2.75) is 0 Å². The molecule has 11 aromatic rings. The van der Waals surface area contributed by atoms with Crippen molar-refractivity contribution in [2.75, 3.05) is 4.90 Å². The molecule has 3 heteroatoms. The zero-order valence-corrected chi connectivity index (χ0v) is 30.6. The van der Waals surface area contributed by atoms with E-state index in [0.717, 1.165) is 61.3 Å². The maximum absolute atomic E-state index is 6.65. The van der Waals surface area contributed by atoms with Crippen LogP contribution in [-0.4, -0.2) is 0 Å². The van der Waals surface area contributed by atoms with Crippen molar-refractivity contribution in [3.8, 4) is 33.4 Å². The lowest BCUT2D eigenvalue weighted by Crippen LogP contribution is -2.10. The van der Waals surface area contributed by atoms with Crippen LogP contribution in [0.5, 0.6) is 0 Å². The Balaban J connectivity index is 1.14. The zero-order chi connectivity index (χ0) is 36.3. The number of thiophene rings is 1. The molecule has 0 aliphatic heterocycles. The van der Waals surface area contributed by atoms with Crippen LogP contribution in [0, 0.1) is 0 Å². The molecule has 2 aromatic heterocycles. The summed E-state index contributed by atoms with van der Waals surface area (Å²) >= 11 is 1.85. The van der Waals surface area contributed by atoms with Crippen molar-refractivity contribution in [3.63, 3.8) is 0 Å². The molecule has 11 rings (SSSR count). The second-order valence-electron chi connectivity index (χ2n) is 14.1. The van der Waals surface area contributed by atoms with E-state index in [1.165, 1.54) is 42.1 Å². The van der Waals surface area contributed by atoms with Crippen LogP contribution in [-0.2, 0) is 0 Å². The average Bonchev–Trinajstić information content (AvgIpc) is 3.83. The van der Waals surface area contributed by atoms with Crippen LogP contribution in [0.4, 0.5) is 17.1 Å². The summed E-state index contributed by atoms with van der Waals surface area (Å²) in [6.07, 6.45) is 0. The third-order valence-electron chi connectivity index (χ3n) is 10.9. The lowest BCUT2D eigenvalue weighted by atomic mass is 9.92. The summed E-state index contributed by atoms with van der Waals surface area (Å²) in [5.41, 5.74) is 12.0. The number of hydrogen-bond donors (Lipinski definition) is 0. The van der Waals surface area contributed by atoms with Crippen LogP contribution in [0.25, 0.3) is 86.3 Å². The highest BCUT2D eigenvalue weighted by Gasteiger charge is 2.20. The van der Waals surface area contributed by atoms with Crippen LogP contribution in [0.15, 0.2) is 205 Å². The maximum Gasteiger partial charge on any atom is 0.143 e. The first-order valence-corrected chi connectivity index (χ1v) is 19.5. The molecule has 0 radical (unpaired) electrons. The van der Waals surface area contributed by atoms with Gasteiger partial charge in [-0.15, -0.1) is 11.3 Å². The topological polar surface area (TPSA) is 16.4 Å². The van der Waals surface area contributed by atoms with Gasteiger partial charge in [-0.2, -0.15) is 0 Å². The number of benzene rings is 9. The van der Waals surface area contributed by atoms with Crippen molar-refractivity contribution in [3.05, 3.63) is 200 Å². The Labute approximate surface area is 322 Å². The van der Waals surface area contributed by atoms with Gasteiger partial charge in [0.25, 0.3) is 0 Å². The fraction of sp³-hybridized carbons (Fsp3) is 0. The molecule has 0 saturated carbocycles. The van der Waals surface area contributed by atoms with Crippen LogP contribution in [0.2, 0.25) is 0 Å². The van der Waals surface area contributed by atoms with Crippen LogP contribution >= 0.6 is 11.3 Å². The van der Waals surface area contributed by atoms with Gasteiger partial charge in [0, 0.05) is 53.6 Å². The predicted octanol–water partition coefficient (Wildman–Crippen LogP) is 15.6. The summed E-state index contributed by atoms with van der Waals surface area (Å²) in [4.78, 5) is 2.40. The third-order valence-corrected chi connectivity index (χ3v) is 12.0. The minimum Gasteiger partial charge on any atom is -0.455 e. The van der Waals surface area contributed by atoms with Crippen molar-refractivity contribution in [1.29, 1.82) is 0 Å². The van der Waals surface area contributed by atoms with E-state index < -0.39 is 0 Å². The van der Waals surface area contributed by atoms with Gasteiger partial charge >= 0.3 is 0 Å². The smallest absolute Gasteiger partial charge is 0.143 e. The maximum atomic E-state index is 6.65. The third kappa shape index (κ3) is 5.32. The van der Waals surface area contributed by atoms with Gasteiger partial charge in [0.15, 0.2) is 0 Å². The summed E-state index contributed by atoms with van der Waals surface area (Å²) < 4.78 is 9.24. The summed E-state index contributed by atoms with van der Waals surface area (Å²) in [6.45, 7) is 0. The second-order valence-corrected chi connectivity index (χ2v) is 15.1. The van der Waals surface area contributed by atoms with Gasteiger partial charge in [-0.05, 0) is 93.2 Å². The number of para-hydroxylation sites is 2. The van der Waals surface area contributed by atoms with E-state index in [-0.39, 0.29) is 0 Å². The number of fused-ring (bicyclic) bond motifs is 7. The molecule has 0 atom stereocenters. The van der Waals surface area contributed by atoms with Crippen molar-refractivity contribution < 1.29 is 4.42 Å². The first-order valence-electron chi connectivity index (χ1n) is 18.7. The van der Waals surface area contributed by atoms with Gasteiger partial charge in [0.1, 0.15) is 11.2 Å². The quantitative estimate of drug-likeness (QED) is 0.170. The van der Waals surface area contributed by atoms with Gasteiger partial charge in [0.05, 0.1) is 0 Å². The largest absolute Gasteiger partial charge is 0.455 e. The second kappa shape index (κ2) is 12.9. The number of furan rings is 1. The van der Waals surface area contributed by atoms with E-state index in [1.807, 2.05) is 17.4 Å². The standard InChI is InChI=1S/C52H33NOS/c1-2-12-34(13-3-1)42-30-28-38(32-47(42)46-21-11-20-45-43-17-6-8-22-49(43)54-52(45)46)53(39-29-31-51-48(33-39)44-18-7-9-23-50(44)55-51)37-26-24-36(25-27-37)41-19-10-15-35-14-4-5-16-40(35)41/h1-33H. The molecular formula is C52H33NOS. The minimum absolute atomic E-state index is 0.895. The van der Waals surface area contributed by atoms with E-state index in [2.05, 4.69) is 199 Å². The van der Waals surface area contributed by atoms with Gasteiger partial charge in [-0.25, -0.2) is 0 Å². The van der Waals surface area contributed by atoms with Gasteiger partial charge in [0.2, 0.25) is 0 Å². The Kier molecular flexibility index (Phi) is 7.39. The number of hydrogen-bond acceptors (Lipinski definition) is 3. The fourth-order valence-corrected chi connectivity index (χ4v) is 9.38. The minimum atomic E-state index is 0.895. The zero-order valence-electron chi connectivity index (χ0n) is 29.8. The van der Waals surface area contributed by atoms with E-state index in [0.29, 0.717) is 0 Å². The summed E-state index contributed by atoms with van der Waals surface area (Å²) in [6, 6.07) is 72.2. The average molecular weight is 720 g/mol. The Morgan fingerprint density at radius 3 is 1.85 bits per heavy atom. The van der Waals surface area contributed by atoms with Crippen LogP contribution in [0.3, 0.4) is 0 Å². The van der Waals surface area contributed by atoms with Gasteiger partial charge in [-0.1, -0.05) is 146 Å². The highest BCUT2D eigenvalue weighted by Crippen LogP contribution is 2.46. The molecule has 0 spiro atoms. The molecule has 0 unspecified atom stereocenters. The lowest BCUT2D eigenvalue weighted by molar-refractivity contribution is 0.670. The summed E-state index contributed by atoms with van der Waals surface area (Å²) in [5, 5.41) is 7.29. The molecule has 2 nitrogen and oxygen atoms in total. The van der Waals surface area contributed by atoms with Crippen molar-refractivity contribution in [2.24, 2.45) is 0 Å². The summed E-state index contributed by atoms with van der Waals surface area (Å²) in [5.74, 6) is 0. The monoisotopic (exact) mass is 719 g/mol. The molecule has 0 amide bonds. The van der Waals surface area contributed by atoms with Crippen molar-refractivity contribution in [1.82, 2.24) is 0 Å². The molecule has 0 aliphatic carbocycles. The van der Waals surface area contributed by atoms with E-state index in [4.69, 9.17) is 4.42 Å². The van der Waals surface area contributed by atoms with Gasteiger partial charge < -0.3 is 9.32 Å². The van der Waals surface area contributed by atoms with Gasteiger partial charge in [-0.3, -0.25) is 0 Å². The highest BCUT2D eigenvalue weighted by atomic mass is 32.1. The fourth-order valence-electron chi connectivity index (χ4n) is 8.29. The summed E-state index contributed by atoms with van der Waals surface area (Å²) in [7, 11) is 0. The first-order chi connectivity index (χ1) is 27.3. The number of anilines is 3. The number of nitrogens with zero attached hydrogens (tertiary/aromatic N) is 1. The molecule has 9 aromatic carbocycles. The first kappa shape index (κ1) is 31.6. The molecular weight excluding hydrogens is 687 g/mol. The molecule has 0 N–H and O–H groups in total. The molecule has 0 fully saturated rings. The van der Waals surface area contributed by atoms with Crippen molar-refractivity contribution >= 4 is 81.3 Å². The molecule has 0 saturated heterocycles. The highest BCUT2D eigenvalue weighted by molar-refractivity contribution is 7.25. The Morgan fingerprint density at radius 2 is 0.964 bits per heavy atom. The Hall–Kier alpha value is -6.94. The normalized spacial score (nSPS) is 11.6. The van der Waals surface area contributed by atoms with E-state index in [9.17, 15) is 0 Å². The molecule has 258 valence electrons.